The zero-order chi connectivity index (χ0) is 18.1. The van der Waals surface area contributed by atoms with Gasteiger partial charge in [0.1, 0.15) is 5.60 Å². The van der Waals surface area contributed by atoms with Crippen molar-refractivity contribution in [3.63, 3.8) is 0 Å². The first-order chi connectivity index (χ1) is 10.2. The van der Waals surface area contributed by atoms with Gasteiger partial charge in [-0.1, -0.05) is 20.8 Å². The standard InChI is InChI=1S/C17H36N2O3Si/c1-15(2,3)22-14(20)19-11-10-18-12-17(19,7)13-21-23(8,9)16(4,5)6/h18H,10-13H2,1-9H3. The maximum Gasteiger partial charge on any atom is 0.410 e. The van der Waals surface area contributed by atoms with E-state index in [1.54, 1.807) is 0 Å². The molecule has 5 nitrogen and oxygen atoms in total. The molecule has 1 saturated heterocycles. The van der Waals surface area contributed by atoms with Crippen molar-refractivity contribution < 1.29 is 14.0 Å². The van der Waals surface area contributed by atoms with Gasteiger partial charge in [-0.25, -0.2) is 4.79 Å². The lowest BCUT2D eigenvalue weighted by molar-refractivity contribution is -0.0200. The summed E-state index contributed by atoms with van der Waals surface area (Å²) in [6.45, 7) is 21.6. The van der Waals surface area contributed by atoms with Crippen LogP contribution in [0, 0.1) is 0 Å². The van der Waals surface area contributed by atoms with Crippen LogP contribution in [0.15, 0.2) is 0 Å². The van der Waals surface area contributed by atoms with E-state index in [-0.39, 0.29) is 16.7 Å². The van der Waals surface area contributed by atoms with Crippen LogP contribution < -0.4 is 5.32 Å². The topological polar surface area (TPSA) is 50.8 Å². The van der Waals surface area contributed by atoms with Crippen LogP contribution in [0.5, 0.6) is 0 Å². The number of amides is 1. The van der Waals surface area contributed by atoms with E-state index in [1.807, 2.05) is 25.7 Å². The highest BCUT2D eigenvalue weighted by Crippen LogP contribution is 2.37. The van der Waals surface area contributed by atoms with Gasteiger partial charge in [-0.2, -0.15) is 0 Å². The van der Waals surface area contributed by atoms with E-state index >= 15 is 0 Å². The molecular weight excluding hydrogens is 308 g/mol. The fourth-order valence-electron chi connectivity index (χ4n) is 2.22. The van der Waals surface area contributed by atoms with E-state index in [0.717, 1.165) is 13.1 Å². The molecule has 1 rings (SSSR count). The van der Waals surface area contributed by atoms with Gasteiger partial charge in [0.05, 0.1) is 12.1 Å². The number of nitrogens with zero attached hydrogens (tertiary/aromatic N) is 1. The quantitative estimate of drug-likeness (QED) is 0.795. The monoisotopic (exact) mass is 344 g/mol. The summed E-state index contributed by atoms with van der Waals surface area (Å²) >= 11 is 0. The molecule has 23 heavy (non-hydrogen) atoms. The van der Waals surface area contributed by atoms with Crippen molar-refractivity contribution in [2.24, 2.45) is 0 Å². The average Bonchev–Trinajstić information content (AvgIpc) is 2.33. The van der Waals surface area contributed by atoms with Gasteiger partial charge >= 0.3 is 6.09 Å². The largest absolute Gasteiger partial charge is 0.444 e. The lowest BCUT2D eigenvalue weighted by Crippen LogP contribution is -2.65. The Bertz CT molecular complexity index is 427. The molecule has 0 saturated carbocycles. The van der Waals surface area contributed by atoms with E-state index in [2.05, 4.69) is 46.1 Å². The molecule has 6 heteroatoms. The minimum Gasteiger partial charge on any atom is -0.444 e. The highest BCUT2D eigenvalue weighted by Gasteiger charge is 2.44. The molecule has 1 aliphatic heterocycles. The number of hydrogen-bond acceptors (Lipinski definition) is 4. The van der Waals surface area contributed by atoms with E-state index in [1.165, 1.54) is 0 Å². The fourth-order valence-corrected chi connectivity index (χ4v) is 3.33. The SMILES string of the molecule is CC(C)(C)OC(=O)N1CCNCC1(C)CO[Si](C)(C)C(C)(C)C. The third kappa shape index (κ3) is 5.47. The molecule has 0 aromatic heterocycles. The Morgan fingerprint density at radius 3 is 2.26 bits per heavy atom. The zero-order valence-corrected chi connectivity index (χ0v) is 17.5. The van der Waals surface area contributed by atoms with Crippen molar-refractivity contribution in [3.05, 3.63) is 0 Å². The number of nitrogens with one attached hydrogen (secondary N) is 1. The predicted molar refractivity (Wildman–Crippen MR) is 97.4 cm³/mol. The van der Waals surface area contributed by atoms with Gasteiger partial charge in [-0.3, -0.25) is 4.90 Å². The van der Waals surface area contributed by atoms with Crippen LogP contribution >= 0.6 is 0 Å². The first-order valence-corrected chi connectivity index (χ1v) is 11.4. The van der Waals surface area contributed by atoms with Gasteiger partial charge in [0, 0.05) is 19.6 Å². The lowest BCUT2D eigenvalue weighted by atomic mass is 9.99. The van der Waals surface area contributed by atoms with Crippen LogP contribution in [-0.4, -0.2) is 56.7 Å². The van der Waals surface area contributed by atoms with Crippen LogP contribution in [0.2, 0.25) is 18.1 Å². The van der Waals surface area contributed by atoms with Gasteiger partial charge in [-0.05, 0) is 45.8 Å². The minimum absolute atomic E-state index is 0.155. The summed E-state index contributed by atoms with van der Waals surface area (Å²) in [5.74, 6) is 0. The van der Waals surface area contributed by atoms with Gasteiger partial charge in [-0.15, -0.1) is 0 Å². The Labute approximate surface area is 143 Å². The van der Waals surface area contributed by atoms with Crippen LogP contribution in [0.1, 0.15) is 48.5 Å². The highest BCUT2D eigenvalue weighted by molar-refractivity contribution is 6.74. The molecule has 1 amide bonds. The van der Waals surface area contributed by atoms with Gasteiger partial charge in [0.15, 0.2) is 8.32 Å². The number of carbonyl (C=O) groups is 1. The summed E-state index contributed by atoms with van der Waals surface area (Å²) in [7, 11) is -1.85. The van der Waals surface area contributed by atoms with Crippen LogP contribution in [-0.2, 0) is 9.16 Å². The molecule has 1 unspecified atom stereocenters. The molecule has 0 aliphatic carbocycles. The molecule has 1 heterocycles. The maximum absolute atomic E-state index is 12.6. The number of piperazine rings is 1. The smallest absolute Gasteiger partial charge is 0.410 e. The lowest BCUT2D eigenvalue weighted by Gasteiger charge is -2.47. The minimum atomic E-state index is -1.85. The van der Waals surface area contributed by atoms with Crippen molar-refractivity contribution in [1.82, 2.24) is 10.2 Å². The Morgan fingerprint density at radius 2 is 1.78 bits per heavy atom. The molecule has 1 atom stereocenters. The Kier molecular flexibility index (Phi) is 5.98. The Morgan fingerprint density at radius 1 is 1.22 bits per heavy atom. The van der Waals surface area contributed by atoms with Crippen molar-refractivity contribution in [2.75, 3.05) is 26.2 Å². The second kappa shape index (κ2) is 6.73. The second-order valence-corrected chi connectivity index (χ2v) is 14.2. The molecule has 1 aliphatic rings. The molecule has 1 fully saturated rings. The first kappa shape index (κ1) is 20.5. The van der Waals surface area contributed by atoms with E-state index < -0.39 is 13.9 Å². The molecule has 0 bridgehead atoms. The normalized spacial score (nSPS) is 23.8. The van der Waals surface area contributed by atoms with Gasteiger partial charge in [0.25, 0.3) is 0 Å². The van der Waals surface area contributed by atoms with Gasteiger partial charge in [0.2, 0.25) is 0 Å². The summed E-state index contributed by atoms with van der Waals surface area (Å²) in [6.07, 6.45) is -0.250. The number of carbonyl (C=O) groups excluding carboxylic acids is 1. The summed E-state index contributed by atoms with van der Waals surface area (Å²) in [4.78, 5) is 14.4. The summed E-state index contributed by atoms with van der Waals surface area (Å²) in [5.41, 5.74) is -0.862. The molecular formula is C17H36N2O3Si. The molecule has 0 aromatic carbocycles. The predicted octanol–water partition coefficient (Wildman–Crippen LogP) is 3.61. The van der Waals surface area contributed by atoms with Crippen LogP contribution in [0.3, 0.4) is 0 Å². The van der Waals surface area contributed by atoms with Crippen LogP contribution in [0.4, 0.5) is 4.79 Å². The molecule has 0 aromatic rings. The van der Waals surface area contributed by atoms with Crippen molar-refractivity contribution in [1.29, 1.82) is 0 Å². The molecule has 0 radical (unpaired) electrons. The fraction of sp³-hybridized carbons (Fsp3) is 0.941. The Hall–Kier alpha value is -0.593. The molecule has 136 valence electrons. The highest BCUT2D eigenvalue weighted by atomic mass is 28.4. The summed E-state index contributed by atoms with van der Waals surface area (Å²) in [6, 6.07) is 0. The number of rotatable bonds is 3. The second-order valence-electron chi connectivity index (χ2n) is 9.35. The van der Waals surface area contributed by atoms with E-state index in [4.69, 9.17) is 9.16 Å². The van der Waals surface area contributed by atoms with E-state index in [9.17, 15) is 4.79 Å². The molecule has 1 N–H and O–H groups in total. The third-order valence-corrected chi connectivity index (χ3v) is 9.31. The maximum atomic E-state index is 12.6. The average molecular weight is 345 g/mol. The van der Waals surface area contributed by atoms with Gasteiger partial charge < -0.3 is 14.5 Å². The summed E-state index contributed by atoms with van der Waals surface area (Å²) < 4.78 is 12.0. The first-order valence-electron chi connectivity index (χ1n) is 8.53. The number of ether oxygens (including phenoxy) is 1. The number of hydrogen-bond donors (Lipinski definition) is 1. The third-order valence-electron chi connectivity index (χ3n) is 4.83. The zero-order valence-electron chi connectivity index (χ0n) is 16.5. The van der Waals surface area contributed by atoms with Crippen LogP contribution in [0.25, 0.3) is 0 Å². The molecule has 0 spiro atoms. The van der Waals surface area contributed by atoms with E-state index in [0.29, 0.717) is 13.2 Å². The van der Waals surface area contributed by atoms with Crippen molar-refractivity contribution in [2.45, 2.75) is 77.7 Å². The Balaban J connectivity index is 2.85. The summed E-state index contributed by atoms with van der Waals surface area (Å²) in [5, 5.41) is 3.54. The van der Waals surface area contributed by atoms with Crippen molar-refractivity contribution >= 4 is 14.4 Å². The van der Waals surface area contributed by atoms with Crippen molar-refractivity contribution in [3.8, 4) is 0 Å².